The van der Waals surface area contributed by atoms with Crippen molar-refractivity contribution in [2.75, 3.05) is 25.0 Å². The van der Waals surface area contributed by atoms with Gasteiger partial charge in [-0.3, -0.25) is 28.8 Å². The molecule has 6 rings (SSSR count). The number of amides is 6. The van der Waals surface area contributed by atoms with Gasteiger partial charge in [-0.2, -0.15) is 10.0 Å². The Balaban J connectivity index is 0.000000332. The summed E-state index contributed by atoms with van der Waals surface area (Å²) in [4.78, 5) is 111. The van der Waals surface area contributed by atoms with Crippen molar-refractivity contribution in [3.05, 3.63) is 19.0 Å². The number of tetrazole rings is 3. The smallest absolute Gasteiger partial charge is 0.407 e. The first-order chi connectivity index (χ1) is 41.7. The number of carbonyl (C=O) groups is 9. The third kappa shape index (κ3) is 34.5. The van der Waals surface area contributed by atoms with E-state index in [9.17, 15) is 43.2 Å². The van der Waals surface area contributed by atoms with Gasteiger partial charge in [0, 0.05) is 37.4 Å². The topological polar surface area (TPSA) is 395 Å². The van der Waals surface area contributed by atoms with Crippen LogP contribution in [0.2, 0.25) is 0 Å². The summed E-state index contributed by atoms with van der Waals surface area (Å²) in [6.07, 6.45) is 20.1. The van der Waals surface area contributed by atoms with E-state index in [0.717, 1.165) is 89.9 Å². The summed E-state index contributed by atoms with van der Waals surface area (Å²) < 4.78 is 16.9. The average Bonchev–Trinajstić information content (AvgIpc) is 4.48. The van der Waals surface area contributed by atoms with Gasteiger partial charge in [0.05, 0.1) is 23.5 Å². The number of halogens is 1. The number of ether oxygens (including phenoxy) is 3. The molecule has 7 N–H and O–H groups in total. The number of alkyl carbamates (subject to hydrolysis) is 3. The first-order valence-electron chi connectivity index (χ1n) is 30.8. The van der Waals surface area contributed by atoms with Gasteiger partial charge in [-0.25, -0.2) is 19.1 Å². The number of Topliss-reactive ketones (excluding diaryl/α,β-unsaturated/α-hetero) is 3. The normalized spacial score (nSPS) is 15.4. The lowest BCUT2D eigenvalue weighted by Gasteiger charge is -2.21. The van der Waals surface area contributed by atoms with Crippen molar-refractivity contribution in [3.8, 4) is 0 Å². The number of aromatic nitrogens is 12. The maximum atomic E-state index is 12.7. The Kier molecular flexibility index (Phi) is 34.6. The first kappa shape index (κ1) is 75.2. The van der Waals surface area contributed by atoms with E-state index in [1.807, 2.05) is 20.8 Å². The number of alkyl halides is 1. The largest absolute Gasteiger partial charge is 0.444 e. The molecule has 88 heavy (non-hydrogen) atoms. The average molecular weight is 1310 g/mol. The summed E-state index contributed by atoms with van der Waals surface area (Å²) in [6.45, 7) is 17.6. The van der Waals surface area contributed by atoms with Gasteiger partial charge in [0.25, 0.3) is 0 Å². The van der Waals surface area contributed by atoms with Crippen molar-refractivity contribution in [3.63, 3.8) is 0 Å². The minimum atomic E-state index is -0.601. The molecule has 3 aliphatic rings. The van der Waals surface area contributed by atoms with E-state index in [-0.39, 0.29) is 71.2 Å². The zero-order chi connectivity index (χ0) is 65.0. The third-order valence-electron chi connectivity index (χ3n) is 13.9. The van der Waals surface area contributed by atoms with Gasteiger partial charge in [-0.05, 0) is 174 Å². The van der Waals surface area contributed by atoms with Gasteiger partial charge in [-0.15, -0.1) is 25.5 Å². The van der Waals surface area contributed by atoms with Gasteiger partial charge >= 0.3 is 18.3 Å². The zero-order valence-electron chi connectivity index (χ0n) is 53.0. The summed E-state index contributed by atoms with van der Waals surface area (Å²) in [5, 5.41) is 51.2. The van der Waals surface area contributed by atoms with Crippen molar-refractivity contribution in [2.45, 2.75) is 245 Å². The third-order valence-corrected chi connectivity index (χ3v) is 14.4. The van der Waals surface area contributed by atoms with Crippen LogP contribution in [0.4, 0.5) is 14.4 Å². The maximum absolute atomic E-state index is 12.7. The quantitative estimate of drug-likeness (QED) is 0.0247. The predicted molar refractivity (Wildman–Crippen MR) is 325 cm³/mol. The van der Waals surface area contributed by atoms with Crippen molar-refractivity contribution >= 4 is 69.3 Å². The lowest BCUT2D eigenvalue weighted by atomic mass is 10.0. The number of hydrogen-bond acceptors (Lipinski definition) is 21. The second kappa shape index (κ2) is 40.5. The molecule has 0 aliphatic heterocycles. The van der Waals surface area contributed by atoms with E-state index >= 15 is 0 Å². The molecule has 0 saturated heterocycles. The minimum absolute atomic E-state index is 0.00341. The molecule has 3 aromatic rings. The molecule has 3 aliphatic carbocycles. The van der Waals surface area contributed by atoms with Crippen LogP contribution in [0, 0.1) is 17.8 Å². The van der Waals surface area contributed by atoms with Gasteiger partial charge < -0.3 is 46.1 Å². The molecule has 494 valence electrons. The number of ketones is 3. The molecule has 0 aromatic carbocycles. The van der Waals surface area contributed by atoms with Gasteiger partial charge in [0.15, 0.2) is 30.0 Å². The molecular formula is C57H97BrN18O12. The fourth-order valence-corrected chi connectivity index (χ4v) is 9.95. The summed E-state index contributed by atoms with van der Waals surface area (Å²) in [6, 6.07) is -1.64. The first-order valence-corrected chi connectivity index (χ1v) is 31.9. The van der Waals surface area contributed by atoms with Gasteiger partial charge in [-0.1, -0.05) is 59.7 Å². The highest BCUT2D eigenvalue weighted by Gasteiger charge is 2.31. The Morgan fingerprint density at radius 3 is 1.19 bits per heavy atom. The molecule has 0 bridgehead atoms. The molecule has 6 amide bonds. The van der Waals surface area contributed by atoms with E-state index in [1.165, 1.54) is 28.5 Å². The van der Waals surface area contributed by atoms with Crippen molar-refractivity contribution < 1.29 is 57.4 Å². The molecule has 3 heterocycles. The lowest BCUT2D eigenvalue weighted by Crippen LogP contribution is -2.44. The van der Waals surface area contributed by atoms with Crippen LogP contribution in [-0.4, -0.2) is 174 Å². The van der Waals surface area contributed by atoms with Crippen LogP contribution < -0.4 is 31.9 Å². The van der Waals surface area contributed by atoms with Crippen molar-refractivity contribution in [2.24, 2.45) is 17.8 Å². The van der Waals surface area contributed by atoms with E-state index in [4.69, 9.17) is 14.2 Å². The van der Waals surface area contributed by atoms with Crippen LogP contribution in [0.1, 0.15) is 197 Å². The molecule has 3 saturated carbocycles. The summed E-state index contributed by atoms with van der Waals surface area (Å²) in [5.41, 5.74) is -1.59. The molecule has 0 unspecified atom stereocenters. The number of hydrogen-bond donors (Lipinski definition) is 7. The van der Waals surface area contributed by atoms with E-state index in [2.05, 4.69) is 99.4 Å². The minimum Gasteiger partial charge on any atom is -0.444 e. The van der Waals surface area contributed by atoms with E-state index < -0.39 is 53.2 Å². The Hall–Kier alpha value is -7.08. The fraction of sp³-hybridized carbons (Fsp3) is 0.789. The number of H-pyrrole nitrogens is 1. The van der Waals surface area contributed by atoms with Crippen LogP contribution in [-0.2, 0) is 56.1 Å². The highest BCUT2D eigenvalue weighted by Crippen LogP contribution is 2.27. The number of carbonyl (C=O) groups excluding carboxylic acids is 9. The van der Waals surface area contributed by atoms with Gasteiger partial charge in [0.2, 0.25) is 17.7 Å². The lowest BCUT2D eigenvalue weighted by molar-refractivity contribution is -0.130. The molecule has 3 fully saturated rings. The van der Waals surface area contributed by atoms with Crippen LogP contribution in [0.3, 0.4) is 0 Å². The van der Waals surface area contributed by atoms with Gasteiger partial charge in [0.1, 0.15) is 36.2 Å². The van der Waals surface area contributed by atoms with Crippen LogP contribution in [0.25, 0.3) is 0 Å². The number of rotatable bonds is 29. The highest BCUT2D eigenvalue weighted by atomic mass is 79.9. The van der Waals surface area contributed by atoms with Crippen molar-refractivity contribution in [1.29, 1.82) is 0 Å². The van der Waals surface area contributed by atoms with Crippen LogP contribution in [0.15, 0.2) is 19.0 Å². The Morgan fingerprint density at radius 2 is 0.898 bits per heavy atom. The molecule has 3 atom stereocenters. The second-order valence-corrected chi connectivity index (χ2v) is 25.5. The molecular weight excluding hydrogens is 1210 g/mol. The molecule has 0 spiro atoms. The zero-order valence-corrected chi connectivity index (χ0v) is 54.6. The standard InChI is InChI=1S/2C19H32N6O4.C18H31BrN2O4.CH2N4/c1-19(2,3)29-18(28)20-11-7-6-10-15(16(26)12-25-13-21-23-24-25)22-17(27)14-8-4-5-9-14;1-19(2,3)29-18(28)20-11-7-6-10-15(16(26)12-25-22-13-21-24-25)23-17(27)14-8-4-5-9-14;1-18(2,3)25-17(24)20-11-7-6-10-14(15(22)12-19)21-16(23)13-8-4-5-9-13;1-2-4-5-3-1/h13-15H,4-12H2,1-3H3,(H,20,28)(H,22,27);13-15H,4-12H2,1-3H3,(H,20,28)(H,23,27);13-14H,4-12H2,1-3H3,(H,20,24)(H,21,23);1H,(H,2,3,4,5)/t2*15-;14-;/m000./s1. The molecule has 3 aromatic heterocycles. The maximum Gasteiger partial charge on any atom is 0.407 e. The van der Waals surface area contributed by atoms with E-state index in [1.54, 1.807) is 41.5 Å². The summed E-state index contributed by atoms with van der Waals surface area (Å²) in [7, 11) is 0. The SMILES string of the molecule is CC(C)(C)OC(=O)NCCCC[C@H](NC(=O)C1CCCC1)C(=O)CBr.CC(C)(C)OC(=O)NCCCC[C@H](NC(=O)C1CCCC1)C(=O)Cn1cnnn1.CC(C)(C)OC(=O)NCCCC[C@H](NC(=O)C1CCCC1)C(=O)Cn1ncnn1.c1nn[nH]n1. The number of nitrogens with zero attached hydrogens (tertiary/aromatic N) is 11. The van der Waals surface area contributed by atoms with Crippen LogP contribution >= 0.6 is 15.9 Å². The number of unbranched alkanes of at least 4 members (excludes halogenated alkanes) is 3. The fourth-order valence-electron chi connectivity index (χ4n) is 9.56. The molecule has 0 radical (unpaired) electrons. The Bertz CT molecular complexity index is 2370. The molecule has 30 nitrogen and oxygen atoms in total. The highest BCUT2D eigenvalue weighted by molar-refractivity contribution is 9.09. The summed E-state index contributed by atoms with van der Waals surface area (Å²) in [5.74, 6) is -0.368. The Labute approximate surface area is 524 Å². The monoisotopic (exact) mass is 1300 g/mol. The number of aromatic amines is 1. The summed E-state index contributed by atoms with van der Waals surface area (Å²) >= 11 is 3.18. The second-order valence-electron chi connectivity index (χ2n) is 25.0. The van der Waals surface area contributed by atoms with E-state index in [0.29, 0.717) is 64.6 Å². The predicted octanol–water partition coefficient (Wildman–Crippen LogP) is 5.74. The Morgan fingerprint density at radius 1 is 0.511 bits per heavy atom. The van der Waals surface area contributed by atoms with Crippen molar-refractivity contribution in [1.82, 2.24) is 92.9 Å². The number of nitrogens with one attached hydrogen (secondary N) is 7. The van der Waals surface area contributed by atoms with Crippen LogP contribution in [0.5, 0.6) is 0 Å². The molecule has 31 heteroatoms.